The summed E-state index contributed by atoms with van der Waals surface area (Å²) in [6.45, 7) is 0.135. The second kappa shape index (κ2) is 8.46. The number of thiazole rings is 1. The van der Waals surface area contributed by atoms with E-state index in [0.717, 1.165) is 0 Å². The van der Waals surface area contributed by atoms with Crippen molar-refractivity contribution in [3.63, 3.8) is 0 Å². The molecule has 3 aromatic rings. The van der Waals surface area contributed by atoms with Crippen LogP contribution in [0.4, 0.5) is 4.39 Å². The number of benzene rings is 2. The van der Waals surface area contributed by atoms with Gasteiger partial charge in [-0.25, -0.2) is 9.37 Å². The van der Waals surface area contributed by atoms with Gasteiger partial charge >= 0.3 is 0 Å². The van der Waals surface area contributed by atoms with Crippen LogP contribution in [0.3, 0.4) is 0 Å². The Hall–Kier alpha value is -3.17. The fourth-order valence-electron chi connectivity index (χ4n) is 2.66. The van der Waals surface area contributed by atoms with Crippen molar-refractivity contribution in [1.82, 2.24) is 10.3 Å². The van der Waals surface area contributed by atoms with Gasteiger partial charge in [-0.1, -0.05) is 12.1 Å². The van der Waals surface area contributed by atoms with Crippen LogP contribution in [0.15, 0.2) is 47.8 Å². The maximum Gasteiger partial charge on any atom is 0.270 e. The number of nitrogens with one attached hydrogen (secondary N) is 1. The number of aromatic nitrogens is 1. The molecular formula is C20H17FN2O5S. The number of fused-ring (bicyclic) bond motifs is 1. The normalized spacial score (nSPS) is 13.2. The quantitative estimate of drug-likeness (QED) is 0.616. The van der Waals surface area contributed by atoms with Crippen LogP contribution in [0.25, 0.3) is 10.6 Å². The highest BCUT2D eigenvalue weighted by molar-refractivity contribution is 7.13. The molecule has 1 aliphatic heterocycles. The molecule has 2 heterocycles. The van der Waals surface area contributed by atoms with Crippen LogP contribution < -0.4 is 19.5 Å². The predicted molar refractivity (Wildman–Crippen MR) is 104 cm³/mol. The number of rotatable bonds is 7. The van der Waals surface area contributed by atoms with Gasteiger partial charge in [0.2, 0.25) is 6.79 Å². The van der Waals surface area contributed by atoms with Crippen molar-refractivity contribution in [2.45, 2.75) is 6.10 Å². The zero-order valence-electron chi connectivity index (χ0n) is 15.1. The van der Waals surface area contributed by atoms with E-state index in [1.807, 2.05) is 0 Å². The lowest BCUT2D eigenvalue weighted by molar-refractivity contribution is 0.0840. The highest BCUT2D eigenvalue weighted by atomic mass is 32.1. The van der Waals surface area contributed by atoms with Crippen molar-refractivity contribution in [2.24, 2.45) is 0 Å². The van der Waals surface area contributed by atoms with Crippen molar-refractivity contribution in [3.8, 4) is 27.8 Å². The number of aliphatic hydroxyl groups is 1. The van der Waals surface area contributed by atoms with E-state index in [9.17, 15) is 14.3 Å². The lowest BCUT2D eigenvalue weighted by Gasteiger charge is -2.13. The summed E-state index contributed by atoms with van der Waals surface area (Å²) in [5.41, 5.74) is 0.505. The molecule has 0 saturated heterocycles. The largest absolute Gasteiger partial charge is 0.491 e. The van der Waals surface area contributed by atoms with Gasteiger partial charge in [-0.05, 0) is 24.3 Å². The molecule has 1 amide bonds. The smallest absolute Gasteiger partial charge is 0.270 e. The van der Waals surface area contributed by atoms with Crippen molar-refractivity contribution in [2.75, 3.05) is 19.9 Å². The van der Waals surface area contributed by atoms with Gasteiger partial charge in [0.25, 0.3) is 5.91 Å². The maximum absolute atomic E-state index is 13.8. The molecule has 0 fully saturated rings. The topological polar surface area (TPSA) is 89.9 Å². The first kappa shape index (κ1) is 19.2. The summed E-state index contributed by atoms with van der Waals surface area (Å²) in [6.07, 6.45) is -0.922. The highest BCUT2D eigenvalue weighted by Gasteiger charge is 2.17. The molecule has 2 aromatic carbocycles. The minimum atomic E-state index is -0.922. The van der Waals surface area contributed by atoms with Gasteiger partial charge in [0.05, 0.1) is 0 Å². The average Bonchev–Trinajstić information content (AvgIpc) is 3.40. The molecule has 29 heavy (non-hydrogen) atoms. The van der Waals surface area contributed by atoms with Gasteiger partial charge in [-0.15, -0.1) is 11.3 Å². The summed E-state index contributed by atoms with van der Waals surface area (Å²) in [5, 5.41) is 14.6. The molecule has 9 heteroatoms. The first-order valence-electron chi connectivity index (χ1n) is 8.79. The van der Waals surface area contributed by atoms with E-state index in [1.54, 1.807) is 41.8 Å². The second-order valence-corrected chi connectivity index (χ2v) is 7.07. The average molecular weight is 416 g/mol. The van der Waals surface area contributed by atoms with Crippen molar-refractivity contribution < 1.29 is 28.5 Å². The number of hydrogen-bond acceptors (Lipinski definition) is 7. The zero-order valence-corrected chi connectivity index (χ0v) is 15.9. The Kier molecular flexibility index (Phi) is 5.59. The Balaban J connectivity index is 1.28. The number of nitrogens with zero attached hydrogens (tertiary/aromatic N) is 1. The van der Waals surface area contributed by atoms with Gasteiger partial charge in [-0.2, -0.15) is 0 Å². The van der Waals surface area contributed by atoms with E-state index in [-0.39, 0.29) is 25.6 Å². The third-order valence-corrected chi connectivity index (χ3v) is 5.00. The molecule has 0 aliphatic carbocycles. The monoisotopic (exact) mass is 416 g/mol. The van der Waals surface area contributed by atoms with Crippen molar-refractivity contribution in [3.05, 3.63) is 59.4 Å². The molecule has 1 aliphatic rings. The van der Waals surface area contributed by atoms with E-state index in [1.165, 1.54) is 17.4 Å². The Morgan fingerprint density at radius 1 is 1.28 bits per heavy atom. The van der Waals surface area contributed by atoms with E-state index >= 15 is 0 Å². The van der Waals surface area contributed by atoms with Crippen LogP contribution in [-0.2, 0) is 0 Å². The minimum Gasteiger partial charge on any atom is -0.491 e. The molecule has 4 rings (SSSR count). The second-order valence-electron chi connectivity index (χ2n) is 6.21. The Bertz CT molecular complexity index is 1030. The summed E-state index contributed by atoms with van der Waals surface area (Å²) < 4.78 is 29.8. The number of carbonyl (C=O) groups excluding carboxylic acids is 1. The van der Waals surface area contributed by atoms with Crippen molar-refractivity contribution >= 4 is 17.2 Å². The number of carbonyl (C=O) groups is 1. The van der Waals surface area contributed by atoms with Crippen LogP contribution in [0.2, 0.25) is 0 Å². The Labute approximate surface area is 169 Å². The fraction of sp³-hybridized carbons (Fsp3) is 0.200. The molecule has 2 N–H and O–H groups in total. The van der Waals surface area contributed by atoms with Gasteiger partial charge in [-0.3, -0.25) is 4.79 Å². The summed E-state index contributed by atoms with van der Waals surface area (Å²) in [4.78, 5) is 16.4. The van der Waals surface area contributed by atoms with Gasteiger partial charge < -0.3 is 24.6 Å². The molecule has 0 radical (unpaired) electrons. The van der Waals surface area contributed by atoms with Crippen LogP contribution in [0, 0.1) is 5.82 Å². The van der Waals surface area contributed by atoms with Gasteiger partial charge in [0.15, 0.2) is 11.5 Å². The third kappa shape index (κ3) is 4.47. The van der Waals surface area contributed by atoms with Crippen molar-refractivity contribution in [1.29, 1.82) is 0 Å². The van der Waals surface area contributed by atoms with Crippen LogP contribution in [0.5, 0.6) is 17.2 Å². The summed E-state index contributed by atoms with van der Waals surface area (Å²) in [6, 6.07) is 11.3. The first-order valence-corrected chi connectivity index (χ1v) is 9.67. The number of amides is 1. The number of ether oxygens (including phenoxy) is 3. The Morgan fingerprint density at radius 3 is 2.97 bits per heavy atom. The summed E-state index contributed by atoms with van der Waals surface area (Å²) in [7, 11) is 0. The third-order valence-electron chi connectivity index (χ3n) is 4.13. The molecular weight excluding hydrogens is 399 g/mol. The SMILES string of the molecule is O=C(NCC(O)COc1ccc2c(c1)OCO2)c1csc(-c2ccccc2F)n1. The van der Waals surface area contributed by atoms with Crippen LogP contribution in [-0.4, -0.2) is 42.0 Å². The highest BCUT2D eigenvalue weighted by Crippen LogP contribution is 2.35. The number of aliphatic hydroxyl groups excluding tert-OH is 1. The zero-order chi connectivity index (χ0) is 20.2. The molecule has 0 bridgehead atoms. The van der Waals surface area contributed by atoms with Gasteiger partial charge in [0.1, 0.15) is 35.0 Å². The fourth-order valence-corrected chi connectivity index (χ4v) is 3.48. The first-order chi connectivity index (χ1) is 14.1. The van der Waals surface area contributed by atoms with Crippen LogP contribution >= 0.6 is 11.3 Å². The minimum absolute atomic E-state index is 0.0164. The Morgan fingerprint density at radius 2 is 2.10 bits per heavy atom. The number of halogens is 1. The molecule has 150 valence electrons. The summed E-state index contributed by atoms with van der Waals surface area (Å²) >= 11 is 1.18. The van der Waals surface area contributed by atoms with Crippen LogP contribution in [0.1, 0.15) is 10.5 Å². The summed E-state index contributed by atoms with van der Waals surface area (Å²) in [5.74, 6) is 0.896. The molecule has 0 saturated carbocycles. The molecule has 0 spiro atoms. The predicted octanol–water partition coefficient (Wildman–Crippen LogP) is 2.85. The molecule has 1 aromatic heterocycles. The van der Waals surface area contributed by atoms with E-state index in [0.29, 0.717) is 27.8 Å². The molecule has 1 atom stereocenters. The maximum atomic E-state index is 13.8. The standard InChI is InChI=1S/C20H17FN2O5S/c21-15-4-2-1-3-14(15)20-23-16(10-29-20)19(25)22-8-12(24)9-26-13-5-6-17-18(7-13)28-11-27-17/h1-7,10,12,24H,8-9,11H2,(H,22,25). The lowest BCUT2D eigenvalue weighted by atomic mass is 10.2. The number of hydrogen-bond donors (Lipinski definition) is 2. The van der Waals surface area contributed by atoms with E-state index in [2.05, 4.69) is 10.3 Å². The van der Waals surface area contributed by atoms with Gasteiger partial charge in [0, 0.05) is 23.6 Å². The van der Waals surface area contributed by atoms with E-state index < -0.39 is 17.8 Å². The lowest BCUT2D eigenvalue weighted by Crippen LogP contribution is -2.35. The molecule has 7 nitrogen and oxygen atoms in total. The van der Waals surface area contributed by atoms with E-state index in [4.69, 9.17) is 14.2 Å². The molecule has 1 unspecified atom stereocenters.